The predicted molar refractivity (Wildman–Crippen MR) is 55.2 cm³/mol. The molecule has 1 saturated carbocycles. The van der Waals surface area contributed by atoms with E-state index < -0.39 is 0 Å². The monoisotopic (exact) mass is 200 g/mol. The fourth-order valence-electron chi connectivity index (χ4n) is 1.70. The summed E-state index contributed by atoms with van der Waals surface area (Å²) in [5.41, 5.74) is -0.370. The lowest BCUT2D eigenvalue weighted by molar-refractivity contribution is -0.152. The highest BCUT2D eigenvalue weighted by molar-refractivity contribution is 5.81. The Morgan fingerprint density at radius 3 is 2.50 bits per heavy atom. The molecule has 82 valence electrons. The molecule has 4 heteroatoms. The van der Waals surface area contributed by atoms with E-state index in [1.807, 2.05) is 14.1 Å². The van der Waals surface area contributed by atoms with Gasteiger partial charge in [-0.3, -0.25) is 4.79 Å². The number of nitrogens with zero attached hydrogens (tertiary/aromatic N) is 1. The maximum Gasteiger partial charge on any atom is 0.326 e. The Kier molecular flexibility index (Phi) is 3.89. The zero-order valence-electron chi connectivity index (χ0n) is 9.30. The van der Waals surface area contributed by atoms with Crippen molar-refractivity contribution in [3.63, 3.8) is 0 Å². The van der Waals surface area contributed by atoms with Gasteiger partial charge in [-0.2, -0.15) is 0 Å². The standard InChI is InChI=1S/C10H20N2O2/c1-12(2)8-7-11-10(5-4-6-10)9(13)14-3/h11H,4-8H2,1-3H3. The van der Waals surface area contributed by atoms with Gasteiger partial charge in [0.05, 0.1) is 7.11 Å². The van der Waals surface area contributed by atoms with Crippen LogP contribution in [0.25, 0.3) is 0 Å². The lowest BCUT2D eigenvalue weighted by Gasteiger charge is -2.39. The molecule has 0 spiro atoms. The first-order chi connectivity index (χ1) is 6.60. The van der Waals surface area contributed by atoms with Gasteiger partial charge in [0.15, 0.2) is 0 Å². The summed E-state index contributed by atoms with van der Waals surface area (Å²) in [5, 5.41) is 3.30. The normalized spacial score (nSPS) is 19.1. The third kappa shape index (κ3) is 2.45. The van der Waals surface area contributed by atoms with Crippen LogP contribution in [0, 0.1) is 0 Å². The first-order valence-electron chi connectivity index (χ1n) is 5.09. The summed E-state index contributed by atoms with van der Waals surface area (Å²) in [6.45, 7) is 1.78. The van der Waals surface area contributed by atoms with Gasteiger partial charge >= 0.3 is 5.97 Å². The van der Waals surface area contributed by atoms with Crippen LogP contribution in [0.5, 0.6) is 0 Å². The van der Waals surface area contributed by atoms with Crippen molar-refractivity contribution in [2.75, 3.05) is 34.3 Å². The molecule has 14 heavy (non-hydrogen) atoms. The fourth-order valence-corrected chi connectivity index (χ4v) is 1.70. The van der Waals surface area contributed by atoms with Crippen LogP contribution in [0.2, 0.25) is 0 Å². The van der Waals surface area contributed by atoms with Crippen molar-refractivity contribution in [3.8, 4) is 0 Å². The molecular formula is C10H20N2O2. The van der Waals surface area contributed by atoms with Crippen LogP contribution >= 0.6 is 0 Å². The van der Waals surface area contributed by atoms with Crippen molar-refractivity contribution in [3.05, 3.63) is 0 Å². The van der Waals surface area contributed by atoms with Crippen molar-refractivity contribution in [2.24, 2.45) is 0 Å². The summed E-state index contributed by atoms with van der Waals surface area (Å²) in [5.74, 6) is -0.109. The predicted octanol–water partition coefficient (Wildman–Crippen LogP) is 0.233. The Morgan fingerprint density at radius 1 is 1.50 bits per heavy atom. The first kappa shape index (κ1) is 11.5. The average Bonchev–Trinajstić information content (AvgIpc) is 2.08. The first-order valence-corrected chi connectivity index (χ1v) is 5.09. The zero-order valence-corrected chi connectivity index (χ0v) is 9.30. The second-order valence-electron chi connectivity index (χ2n) is 4.16. The summed E-state index contributed by atoms with van der Waals surface area (Å²) >= 11 is 0. The van der Waals surface area contributed by atoms with Gasteiger partial charge in [0, 0.05) is 13.1 Å². The Morgan fingerprint density at radius 2 is 2.14 bits per heavy atom. The molecule has 0 aliphatic heterocycles. The summed E-state index contributed by atoms with van der Waals surface area (Å²) < 4.78 is 4.80. The number of nitrogens with one attached hydrogen (secondary N) is 1. The lowest BCUT2D eigenvalue weighted by atomic mass is 9.76. The smallest absolute Gasteiger partial charge is 0.326 e. The SMILES string of the molecule is COC(=O)C1(NCCN(C)C)CCC1. The Balaban J connectivity index is 2.34. The summed E-state index contributed by atoms with van der Waals surface area (Å²) in [4.78, 5) is 13.6. The van der Waals surface area contributed by atoms with E-state index in [0.29, 0.717) is 0 Å². The molecule has 0 heterocycles. The maximum atomic E-state index is 11.5. The van der Waals surface area contributed by atoms with E-state index >= 15 is 0 Å². The number of hydrogen-bond acceptors (Lipinski definition) is 4. The highest BCUT2D eigenvalue weighted by Gasteiger charge is 2.44. The molecule has 0 aromatic heterocycles. The van der Waals surface area contributed by atoms with Crippen molar-refractivity contribution in [1.29, 1.82) is 0 Å². The van der Waals surface area contributed by atoms with E-state index in [1.165, 1.54) is 7.11 Å². The number of ether oxygens (including phenoxy) is 1. The van der Waals surface area contributed by atoms with Crippen molar-refractivity contribution in [2.45, 2.75) is 24.8 Å². The second kappa shape index (κ2) is 4.75. The number of rotatable bonds is 5. The number of likely N-dealkylation sites (N-methyl/N-ethyl adjacent to an activating group) is 1. The minimum atomic E-state index is -0.370. The molecular weight excluding hydrogens is 180 g/mol. The van der Waals surface area contributed by atoms with E-state index in [0.717, 1.165) is 32.4 Å². The van der Waals surface area contributed by atoms with E-state index in [9.17, 15) is 4.79 Å². The molecule has 0 saturated heterocycles. The molecule has 1 rings (SSSR count). The summed E-state index contributed by atoms with van der Waals surface area (Å²) in [6.07, 6.45) is 2.93. The molecule has 4 nitrogen and oxygen atoms in total. The van der Waals surface area contributed by atoms with Crippen LogP contribution in [0.15, 0.2) is 0 Å². The molecule has 1 aliphatic carbocycles. The van der Waals surface area contributed by atoms with Gasteiger partial charge in [-0.1, -0.05) is 0 Å². The molecule has 1 aliphatic rings. The number of esters is 1. The quantitative estimate of drug-likeness (QED) is 0.645. The number of methoxy groups -OCH3 is 1. The number of carbonyl (C=O) groups excluding carboxylic acids is 1. The van der Waals surface area contributed by atoms with Crippen molar-refractivity contribution >= 4 is 5.97 Å². The van der Waals surface area contributed by atoms with E-state index in [1.54, 1.807) is 0 Å². The van der Waals surface area contributed by atoms with Crippen molar-refractivity contribution < 1.29 is 9.53 Å². The van der Waals surface area contributed by atoms with Gasteiger partial charge < -0.3 is 15.0 Å². The van der Waals surface area contributed by atoms with Gasteiger partial charge in [0.2, 0.25) is 0 Å². The molecule has 0 atom stereocenters. The van der Waals surface area contributed by atoms with Crippen molar-refractivity contribution in [1.82, 2.24) is 10.2 Å². The molecule has 0 radical (unpaired) electrons. The zero-order chi connectivity index (χ0) is 10.6. The minimum absolute atomic E-state index is 0.109. The van der Waals surface area contributed by atoms with Gasteiger partial charge in [-0.15, -0.1) is 0 Å². The van der Waals surface area contributed by atoms with Gasteiger partial charge in [0.1, 0.15) is 5.54 Å². The third-order valence-electron chi connectivity index (χ3n) is 2.81. The van der Waals surface area contributed by atoms with E-state index in [4.69, 9.17) is 4.74 Å². The maximum absolute atomic E-state index is 11.5. The van der Waals surface area contributed by atoms with Crippen LogP contribution in [0.3, 0.4) is 0 Å². The molecule has 0 amide bonds. The third-order valence-corrected chi connectivity index (χ3v) is 2.81. The Bertz CT molecular complexity index is 200. The number of hydrogen-bond donors (Lipinski definition) is 1. The summed E-state index contributed by atoms with van der Waals surface area (Å²) in [7, 11) is 5.50. The van der Waals surface area contributed by atoms with Gasteiger partial charge in [-0.05, 0) is 33.4 Å². The minimum Gasteiger partial charge on any atom is -0.468 e. The number of carbonyl (C=O) groups is 1. The Hall–Kier alpha value is -0.610. The Labute approximate surface area is 85.6 Å². The second-order valence-corrected chi connectivity index (χ2v) is 4.16. The van der Waals surface area contributed by atoms with Crippen LogP contribution in [-0.4, -0.2) is 50.7 Å². The molecule has 0 bridgehead atoms. The van der Waals surface area contributed by atoms with Crippen LogP contribution in [0.4, 0.5) is 0 Å². The molecule has 0 aromatic rings. The molecule has 1 N–H and O–H groups in total. The van der Waals surface area contributed by atoms with E-state index in [2.05, 4.69) is 10.2 Å². The summed E-state index contributed by atoms with van der Waals surface area (Å²) in [6, 6.07) is 0. The van der Waals surface area contributed by atoms with E-state index in [-0.39, 0.29) is 11.5 Å². The lowest BCUT2D eigenvalue weighted by Crippen LogP contribution is -2.58. The van der Waals surface area contributed by atoms with Gasteiger partial charge in [-0.25, -0.2) is 0 Å². The van der Waals surface area contributed by atoms with Crippen LogP contribution in [0.1, 0.15) is 19.3 Å². The largest absolute Gasteiger partial charge is 0.468 e. The topological polar surface area (TPSA) is 41.6 Å². The molecule has 0 aromatic carbocycles. The fraction of sp³-hybridized carbons (Fsp3) is 0.900. The van der Waals surface area contributed by atoms with Gasteiger partial charge in [0.25, 0.3) is 0 Å². The van der Waals surface area contributed by atoms with Crippen LogP contribution < -0.4 is 5.32 Å². The highest BCUT2D eigenvalue weighted by Crippen LogP contribution is 2.32. The highest BCUT2D eigenvalue weighted by atomic mass is 16.5. The van der Waals surface area contributed by atoms with Crippen LogP contribution in [-0.2, 0) is 9.53 Å². The molecule has 1 fully saturated rings. The molecule has 0 unspecified atom stereocenters. The average molecular weight is 200 g/mol.